The number of benzene rings is 1. The van der Waals surface area contributed by atoms with Gasteiger partial charge in [-0.25, -0.2) is 9.98 Å². The fourth-order valence-electron chi connectivity index (χ4n) is 1.01. The number of nitrogens with zero attached hydrogens (tertiary/aromatic N) is 2. The van der Waals surface area contributed by atoms with E-state index in [9.17, 15) is 0 Å². The second kappa shape index (κ2) is 5.12. The molecule has 0 saturated heterocycles. The molecule has 14 heavy (non-hydrogen) atoms. The van der Waals surface area contributed by atoms with E-state index in [1.165, 1.54) is 0 Å². The van der Waals surface area contributed by atoms with E-state index in [2.05, 4.69) is 16.7 Å². The summed E-state index contributed by atoms with van der Waals surface area (Å²) in [5.41, 5.74) is 1.93. The minimum atomic E-state index is 0.668. The predicted molar refractivity (Wildman–Crippen MR) is 62.0 cm³/mol. The highest BCUT2D eigenvalue weighted by Gasteiger charge is 1.98. The highest BCUT2D eigenvalue weighted by atomic mass is 14.9. The van der Waals surface area contributed by atoms with Crippen LogP contribution in [0.1, 0.15) is 19.4 Å². The van der Waals surface area contributed by atoms with Crippen molar-refractivity contribution in [1.82, 2.24) is 0 Å². The minimum absolute atomic E-state index is 0.668. The van der Waals surface area contributed by atoms with Gasteiger partial charge in [-0.3, -0.25) is 0 Å². The zero-order valence-electron chi connectivity index (χ0n) is 8.57. The highest BCUT2D eigenvalue weighted by molar-refractivity contribution is 6.01. The van der Waals surface area contributed by atoms with Crippen LogP contribution in [0.5, 0.6) is 0 Å². The molecule has 0 aliphatic carbocycles. The van der Waals surface area contributed by atoms with Gasteiger partial charge in [-0.2, -0.15) is 0 Å². The lowest BCUT2D eigenvalue weighted by Gasteiger charge is -1.99. The molecule has 0 amide bonds. The lowest BCUT2D eigenvalue weighted by molar-refractivity contribution is 1.27. The van der Waals surface area contributed by atoms with Crippen LogP contribution in [-0.4, -0.2) is 12.6 Å². The Morgan fingerprint density at radius 3 is 2.43 bits per heavy atom. The SMILES string of the molecule is C=NC(=N/C(C)=C\C)c1ccccc1. The quantitative estimate of drug-likeness (QED) is 0.501. The fourth-order valence-corrected chi connectivity index (χ4v) is 1.01. The Labute approximate surface area is 84.7 Å². The molecule has 2 nitrogen and oxygen atoms in total. The van der Waals surface area contributed by atoms with E-state index in [-0.39, 0.29) is 0 Å². The van der Waals surface area contributed by atoms with E-state index >= 15 is 0 Å². The second-order valence-electron chi connectivity index (χ2n) is 2.89. The summed E-state index contributed by atoms with van der Waals surface area (Å²) in [5.74, 6) is 0.668. The zero-order chi connectivity index (χ0) is 10.4. The summed E-state index contributed by atoms with van der Waals surface area (Å²) < 4.78 is 0. The Hall–Kier alpha value is -1.70. The van der Waals surface area contributed by atoms with Gasteiger partial charge in [0, 0.05) is 11.3 Å². The first-order chi connectivity index (χ1) is 6.77. The molecule has 0 radical (unpaired) electrons. The van der Waals surface area contributed by atoms with Gasteiger partial charge in [0.2, 0.25) is 0 Å². The molecule has 0 fully saturated rings. The Kier molecular flexibility index (Phi) is 3.80. The molecule has 1 aromatic carbocycles. The van der Waals surface area contributed by atoms with Gasteiger partial charge in [0.25, 0.3) is 0 Å². The Bertz CT molecular complexity index is 361. The maximum atomic E-state index is 4.33. The molecule has 0 unspecified atom stereocenters. The average molecular weight is 186 g/mol. The maximum Gasteiger partial charge on any atom is 0.158 e. The van der Waals surface area contributed by atoms with Crippen molar-refractivity contribution in [3.63, 3.8) is 0 Å². The summed E-state index contributed by atoms with van der Waals surface area (Å²) in [6.45, 7) is 7.40. The summed E-state index contributed by atoms with van der Waals surface area (Å²) in [5, 5.41) is 0. The molecule has 0 heterocycles. The summed E-state index contributed by atoms with van der Waals surface area (Å²) in [7, 11) is 0. The Morgan fingerprint density at radius 2 is 1.93 bits per heavy atom. The molecule has 1 aromatic rings. The molecular formula is C12H14N2. The largest absolute Gasteiger partial charge is 0.245 e. The maximum absolute atomic E-state index is 4.33. The van der Waals surface area contributed by atoms with E-state index in [1.807, 2.05) is 50.3 Å². The Morgan fingerprint density at radius 1 is 1.29 bits per heavy atom. The van der Waals surface area contributed by atoms with Crippen LogP contribution in [0.4, 0.5) is 0 Å². The van der Waals surface area contributed by atoms with Crippen molar-refractivity contribution in [2.24, 2.45) is 9.98 Å². The minimum Gasteiger partial charge on any atom is -0.245 e. The number of allylic oxidation sites excluding steroid dienone is 2. The van der Waals surface area contributed by atoms with Gasteiger partial charge in [0.05, 0.1) is 0 Å². The molecule has 0 aromatic heterocycles. The van der Waals surface area contributed by atoms with Crippen molar-refractivity contribution in [2.75, 3.05) is 0 Å². The molecule has 0 bridgehead atoms. The molecule has 0 aliphatic rings. The smallest absolute Gasteiger partial charge is 0.158 e. The first-order valence-corrected chi connectivity index (χ1v) is 4.51. The van der Waals surface area contributed by atoms with Gasteiger partial charge in [-0.15, -0.1) is 0 Å². The van der Waals surface area contributed by atoms with Crippen molar-refractivity contribution in [3.8, 4) is 0 Å². The number of hydrogen-bond donors (Lipinski definition) is 0. The van der Waals surface area contributed by atoms with E-state index in [4.69, 9.17) is 0 Å². The number of aliphatic imine (C=N–C) groups is 2. The van der Waals surface area contributed by atoms with Crippen LogP contribution in [0.3, 0.4) is 0 Å². The first kappa shape index (κ1) is 10.4. The number of amidine groups is 1. The topological polar surface area (TPSA) is 24.7 Å². The Balaban J connectivity index is 3.05. The summed E-state index contributed by atoms with van der Waals surface area (Å²) in [6.07, 6.45) is 1.94. The third kappa shape index (κ3) is 2.66. The lowest BCUT2D eigenvalue weighted by atomic mass is 10.2. The third-order valence-electron chi connectivity index (χ3n) is 1.88. The predicted octanol–water partition coefficient (Wildman–Crippen LogP) is 3.06. The van der Waals surface area contributed by atoms with Crippen LogP contribution in [0.15, 0.2) is 52.1 Å². The summed E-state index contributed by atoms with van der Waals surface area (Å²) >= 11 is 0. The van der Waals surface area contributed by atoms with Crippen LogP contribution in [0.2, 0.25) is 0 Å². The van der Waals surface area contributed by atoms with Gasteiger partial charge in [-0.1, -0.05) is 36.4 Å². The van der Waals surface area contributed by atoms with Crippen molar-refractivity contribution in [3.05, 3.63) is 47.7 Å². The first-order valence-electron chi connectivity index (χ1n) is 4.51. The molecule has 0 spiro atoms. The number of rotatable bonds is 2. The lowest BCUT2D eigenvalue weighted by Crippen LogP contribution is -1.95. The van der Waals surface area contributed by atoms with Gasteiger partial charge >= 0.3 is 0 Å². The average Bonchev–Trinajstić information content (AvgIpc) is 2.26. The van der Waals surface area contributed by atoms with Crippen LogP contribution in [0, 0.1) is 0 Å². The van der Waals surface area contributed by atoms with E-state index in [0.717, 1.165) is 11.3 Å². The van der Waals surface area contributed by atoms with Crippen LogP contribution in [-0.2, 0) is 0 Å². The molecule has 1 rings (SSSR count). The van der Waals surface area contributed by atoms with E-state index in [0.29, 0.717) is 5.84 Å². The molecular weight excluding hydrogens is 172 g/mol. The van der Waals surface area contributed by atoms with Crippen molar-refractivity contribution in [1.29, 1.82) is 0 Å². The summed E-state index contributed by atoms with van der Waals surface area (Å²) in [4.78, 5) is 8.24. The zero-order valence-corrected chi connectivity index (χ0v) is 8.57. The third-order valence-corrected chi connectivity index (χ3v) is 1.88. The standard InChI is InChI=1S/C12H14N2/c1-4-10(2)14-12(13-3)11-8-6-5-7-9-11/h4-9H,3H2,1-2H3/b10-4-,14-12?. The molecule has 0 N–H and O–H groups in total. The van der Waals surface area contributed by atoms with Gasteiger partial charge < -0.3 is 0 Å². The van der Waals surface area contributed by atoms with Gasteiger partial charge in [0.15, 0.2) is 5.84 Å². The van der Waals surface area contributed by atoms with Crippen LogP contribution in [0.25, 0.3) is 0 Å². The molecule has 2 heteroatoms. The monoisotopic (exact) mass is 186 g/mol. The van der Waals surface area contributed by atoms with Crippen molar-refractivity contribution in [2.45, 2.75) is 13.8 Å². The highest BCUT2D eigenvalue weighted by Crippen LogP contribution is 2.05. The summed E-state index contributed by atoms with van der Waals surface area (Å²) in [6, 6.07) is 9.82. The van der Waals surface area contributed by atoms with Gasteiger partial charge in [0.1, 0.15) is 0 Å². The van der Waals surface area contributed by atoms with Crippen LogP contribution >= 0.6 is 0 Å². The molecule has 0 atom stereocenters. The van der Waals surface area contributed by atoms with E-state index in [1.54, 1.807) is 0 Å². The van der Waals surface area contributed by atoms with Gasteiger partial charge in [-0.05, 0) is 20.6 Å². The fraction of sp³-hybridized carbons (Fsp3) is 0.167. The molecule has 0 saturated carbocycles. The van der Waals surface area contributed by atoms with Crippen molar-refractivity contribution >= 4 is 12.6 Å². The molecule has 0 aliphatic heterocycles. The van der Waals surface area contributed by atoms with Crippen molar-refractivity contribution < 1.29 is 0 Å². The normalized spacial score (nSPS) is 12.7. The second-order valence-corrected chi connectivity index (χ2v) is 2.89. The van der Waals surface area contributed by atoms with E-state index < -0.39 is 0 Å². The van der Waals surface area contributed by atoms with Crippen LogP contribution < -0.4 is 0 Å². The molecule has 72 valence electrons. The number of hydrogen-bond acceptors (Lipinski definition) is 1.